The molecule has 2 aliphatic rings. The van der Waals surface area contributed by atoms with Gasteiger partial charge in [0.15, 0.2) is 0 Å². The number of rotatable bonds is 5. The zero-order valence-corrected chi connectivity index (χ0v) is 15.7. The molecule has 1 aliphatic heterocycles. The van der Waals surface area contributed by atoms with Crippen molar-refractivity contribution in [2.24, 2.45) is 0 Å². The van der Waals surface area contributed by atoms with E-state index in [2.05, 4.69) is 15.5 Å². The average Bonchev–Trinajstić information content (AvgIpc) is 3.52. The number of hydrogen-bond donors (Lipinski definition) is 2. The van der Waals surface area contributed by atoms with Crippen LogP contribution in [0, 0.1) is 5.82 Å². The van der Waals surface area contributed by atoms with Gasteiger partial charge in [-0.3, -0.25) is 9.59 Å². The van der Waals surface area contributed by atoms with Crippen molar-refractivity contribution in [1.29, 1.82) is 0 Å². The van der Waals surface area contributed by atoms with E-state index in [9.17, 15) is 14.0 Å². The van der Waals surface area contributed by atoms with Crippen molar-refractivity contribution >= 4 is 23.2 Å². The summed E-state index contributed by atoms with van der Waals surface area (Å²) >= 11 is 0. The number of amides is 2. The summed E-state index contributed by atoms with van der Waals surface area (Å²) < 4.78 is 13.4. The Hall–Kier alpha value is -2.89. The molecular weight excluding hydrogens is 357 g/mol. The maximum atomic E-state index is 13.4. The van der Waals surface area contributed by atoms with Gasteiger partial charge in [0.05, 0.1) is 5.56 Å². The van der Waals surface area contributed by atoms with Crippen LogP contribution in [0.15, 0.2) is 42.5 Å². The Morgan fingerprint density at radius 1 is 0.964 bits per heavy atom. The number of nitrogens with one attached hydrogen (secondary N) is 2. The average molecular weight is 381 g/mol. The molecule has 2 aromatic carbocycles. The number of carbonyl (C=O) groups is 2. The SMILES string of the molecule is O=C(Nc1ccc(N2CCCCC2)c(C(=O)NC2CC2)c1)c1cccc(F)c1. The molecule has 1 heterocycles. The van der Waals surface area contributed by atoms with Crippen molar-refractivity contribution in [3.8, 4) is 0 Å². The van der Waals surface area contributed by atoms with Crippen LogP contribution in [0.4, 0.5) is 15.8 Å². The zero-order valence-electron chi connectivity index (χ0n) is 15.7. The third-order valence-electron chi connectivity index (χ3n) is 5.20. The van der Waals surface area contributed by atoms with Crippen LogP contribution in [0.3, 0.4) is 0 Å². The lowest BCUT2D eigenvalue weighted by Gasteiger charge is -2.30. The molecule has 0 spiro atoms. The van der Waals surface area contributed by atoms with Crippen molar-refractivity contribution < 1.29 is 14.0 Å². The molecule has 6 heteroatoms. The van der Waals surface area contributed by atoms with Crippen LogP contribution in [-0.2, 0) is 0 Å². The number of hydrogen-bond acceptors (Lipinski definition) is 3. The monoisotopic (exact) mass is 381 g/mol. The Bertz CT molecular complexity index is 889. The highest BCUT2D eigenvalue weighted by atomic mass is 19.1. The lowest BCUT2D eigenvalue weighted by molar-refractivity contribution is 0.0950. The fourth-order valence-corrected chi connectivity index (χ4v) is 3.53. The van der Waals surface area contributed by atoms with Gasteiger partial charge in [0.25, 0.3) is 11.8 Å². The van der Waals surface area contributed by atoms with Crippen LogP contribution in [-0.4, -0.2) is 30.9 Å². The van der Waals surface area contributed by atoms with Gasteiger partial charge >= 0.3 is 0 Å². The minimum absolute atomic E-state index is 0.107. The quantitative estimate of drug-likeness (QED) is 0.824. The molecule has 28 heavy (non-hydrogen) atoms. The predicted molar refractivity (Wildman–Crippen MR) is 107 cm³/mol. The van der Waals surface area contributed by atoms with E-state index in [1.807, 2.05) is 6.07 Å². The highest BCUT2D eigenvalue weighted by Crippen LogP contribution is 2.29. The summed E-state index contributed by atoms with van der Waals surface area (Å²) in [6, 6.07) is 11.2. The molecular formula is C22H24FN3O2. The molecule has 0 unspecified atom stereocenters. The molecule has 1 saturated carbocycles. The van der Waals surface area contributed by atoms with Gasteiger partial charge in [-0.15, -0.1) is 0 Å². The third-order valence-corrected chi connectivity index (χ3v) is 5.20. The molecule has 0 aromatic heterocycles. The van der Waals surface area contributed by atoms with Crippen molar-refractivity contribution in [3.05, 3.63) is 59.4 Å². The molecule has 146 valence electrons. The maximum absolute atomic E-state index is 13.4. The van der Waals surface area contributed by atoms with E-state index in [4.69, 9.17) is 0 Å². The summed E-state index contributed by atoms with van der Waals surface area (Å²) in [5, 5.41) is 5.82. The second-order valence-electron chi connectivity index (χ2n) is 7.49. The van der Waals surface area contributed by atoms with Crippen molar-refractivity contribution in [3.63, 3.8) is 0 Å². The summed E-state index contributed by atoms with van der Waals surface area (Å²) in [5.74, 6) is -0.971. The number of carbonyl (C=O) groups excluding carboxylic acids is 2. The second-order valence-corrected chi connectivity index (χ2v) is 7.49. The van der Waals surface area contributed by atoms with Crippen molar-refractivity contribution in [2.75, 3.05) is 23.3 Å². The first kappa shape index (κ1) is 18.5. The summed E-state index contributed by atoms with van der Waals surface area (Å²) in [4.78, 5) is 27.5. The maximum Gasteiger partial charge on any atom is 0.255 e. The Morgan fingerprint density at radius 2 is 1.75 bits per heavy atom. The Labute approximate surface area is 163 Å². The smallest absolute Gasteiger partial charge is 0.255 e. The van der Waals surface area contributed by atoms with Crippen LogP contribution in [0.25, 0.3) is 0 Å². The van der Waals surface area contributed by atoms with E-state index in [1.165, 1.54) is 24.6 Å². The van der Waals surface area contributed by atoms with Crippen LogP contribution in [0.2, 0.25) is 0 Å². The van der Waals surface area contributed by atoms with Gasteiger partial charge in [-0.25, -0.2) is 4.39 Å². The van der Waals surface area contributed by atoms with E-state index in [0.29, 0.717) is 11.3 Å². The van der Waals surface area contributed by atoms with E-state index in [-0.39, 0.29) is 17.5 Å². The van der Waals surface area contributed by atoms with Crippen LogP contribution < -0.4 is 15.5 Å². The highest BCUT2D eigenvalue weighted by molar-refractivity contribution is 6.06. The second kappa shape index (κ2) is 8.00. The summed E-state index contributed by atoms with van der Waals surface area (Å²) in [7, 11) is 0. The lowest BCUT2D eigenvalue weighted by atomic mass is 10.1. The highest BCUT2D eigenvalue weighted by Gasteiger charge is 2.26. The van der Waals surface area contributed by atoms with E-state index >= 15 is 0 Å². The minimum atomic E-state index is -0.461. The molecule has 0 bridgehead atoms. The van der Waals surface area contributed by atoms with Gasteiger partial charge < -0.3 is 15.5 Å². The molecule has 1 aliphatic carbocycles. The fraction of sp³-hybridized carbons (Fsp3) is 0.364. The van der Waals surface area contributed by atoms with Crippen molar-refractivity contribution in [1.82, 2.24) is 5.32 Å². The Morgan fingerprint density at radius 3 is 2.46 bits per heavy atom. The predicted octanol–water partition coefficient (Wildman–Crippen LogP) is 3.96. The summed E-state index contributed by atoms with van der Waals surface area (Å²) in [5.41, 5.74) is 2.24. The van der Waals surface area contributed by atoms with Gasteiger partial charge in [-0.1, -0.05) is 6.07 Å². The van der Waals surface area contributed by atoms with E-state index in [0.717, 1.165) is 44.5 Å². The number of anilines is 2. The first-order valence-corrected chi connectivity index (χ1v) is 9.87. The first-order chi connectivity index (χ1) is 13.6. The van der Waals surface area contributed by atoms with Gasteiger partial charge in [-0.05, 0) is 68.5 Å². The number of nitrogens with zero attached hydrogens (tertiary/aromatic N) is 1. The van der Waals surface area contributed by atoms with Gasteiger partial charge in [0, 0.05) is 36.1 Å². The largest absolute Gasteiger partial charge is 0.371 e. The van der Waals surface area contributed by atoms with Gasteiger partial charge in [-0.2, -0.15) is 0 Å². The molecule has 0 radical (unpaired) electrons. The third kappa shape index (κ3) is 4.32. The number of benzene rings is 2. The van der Waals surface area contributed by atoms with Crippen LogP contribution in [0.5, 0.6) is 0 Å². The molecule has 5 nitrogen and oxygen atoms in total. The minimum Gasteiger partial charge on any atom is -0.371 e. The van der Waals surface area contributed by atoms with Crippen LogP contribution in [0.1, 0.15) is 52.8 Å². The van der Waals surface area contributed by atoms with Crippen LogP contribution >= 0.6 is 0 Å². The molecule has 1 saturated heterocycles. The molecule has 0 atom stereocenters. The Kier molecular flexibility index (Phi) is 5.28. The fourth-order valence-electron chi connectivity index (χ4n) is 3.53. The molecule has 2 N–H and O–H groups in total. The summed E-state index contributed by atoms with van der Waals surface area (Å²) in [6.07, 6.45) is 5.47. The molecule has 2 fully saturated rings. The van der Waals surface area contributed by atoms with E-state index < -0.39 is 11.7 Å². The summed E-state index contributed by atoms with van der Waals surface area (Å²) in [6.45, 7) is 1.86. The lowest BCUT2D eigenvalue weighted by Crippen LogP contribution is -2.33. The zero-order chi connectivity index (χ0) is 19.5. The van der Waals surface area contributed by atoms with Gasteiger partial charge in [0.2, 0.25) is 0 Å². The normalized spacial score (nSPS) is 16.5. The molecule has 2 amide bonds. The molecule has 4 rings (SSSR count). The first-order valence-electron chi connectivity index (χ1n) is 9.87. The Balaban J connectivity index is 1.59. The van der Waals surface area contributed by atoms with Gasteiger partial charge in [0.1, 0.15) is 5.82 Å². The number of halogens is 1. The van der Waals surface area contributed by atoms with E-state index in [1.54, 1.807) is 18.2 Å². The number of piperidine rings is 1. The standard InChI is InChI=1S/C22H24FN3O2/c23-16-6-4-5-15(13-16)21(27)25-18-9-10-20(26-11-2-1-3-12-26)19(14-18)22(28)24-17-7-8-17/h4-6,9-10,13-14,17H,1-3,7-8,11-12H2,(H,24,28)(H,25,27). The van der Waals surface area contributed by atoms with Crippen molar-refractivity contribution in [2.45, 2.75) is 38.1 Å². The topological polar surface area (TPSA) is 61.4 Å². The molecule has 2 aromatic rings.